The second-order valence-corrected chi connectivity index (χ2v) is 4.86. The SMILES string of the molecule is [N-]=[N+]=NCC1CC(=O)N(c2nnc(Cl)s2)C1. The molecular weight excluding hydrogens is 252 g/mol. The van der Waals surface area contributed by atoms with Gasteiger partial charge in [-0.25, -0.2) is 0 Å². The van der Waals surface area contributed by atoms with E-state index in [1.165, 1.54) is 4.90 Å². The van der Waals surface area contributed by atoms with Crippen molar-refractivity contribution in [3.05, 3.63) is 14.9 Å². The maximum absolute atomic E-state index is 11.6. The van der Waals surface area contributed by atoms with Gasteiger partial charge in [-0.1, -0.05) is 16.5 Å². The minimum absolute atomic E-state index is 0.0362. The maximum Gasteiger partial charge on any atom is 0.229 e. The molecule has 1 unspecified atom stereocenters. The van der Waals surface area contributed by atoms with Crippen LogP contribution in [0.2, 0.25) is 4.47 Å². The first-order chi connectivity index (χ1) is 7.70. The number of hydrogen-bond donors (Lipinski definition) is 0. The average Bonchev–Trinajstić information content (AvgIpc) is 2.82. The van der Waals surface area contributed by atoms with Crippen molar-refractivity contribution in [2.24, 2.45) is 11.0 Å². The van der Waals surface area contributed by atoms with Crippen LogP contribution in [0.5, 0.6) is 0 Å². The molecule has 0 spiro atoms. The molecule has 7 nitrogen and oxygen atoms in total. The van der Waals surface area contributed by atoms with Crippen molar-refractivity contribution in [3.8, 4) is 0 Å². The van der Waals surface area contributed by atoms with E-state index in [4.69, 9.17) is 17.1 Å². The second kappa shape index (κ2) is 4.65. The number of aromatic nitrogens is 2. The topological polar surface area (TPSA) is 94.9 Å². The number of carbonyl (C=O) groups is 1. The van der Waals surface area contributed by atoms with Crippen LogP contribution >= 0.6 is 22.9 Å². The van der Waals surface area contributed by atoms with E-state index >= 15 is 0 Å². The third kappa shape index (κ3) is 2.24. The van der Waals surface area contributed by atoms with Crippen LogP contribution in [0, 0.1) is 5.92 Å². The first kappa shape index (κ1) is 11.1. The Hall–Kier alpha value is -1.37. The van der Waals surface area contributed by atoms with Crippen LogP contribution < -0.4 is 4.90 Å². The molecule has 0 radical (unpaired) electrons. The number of azide groups is 1. The van der Waals surface area contributed by atoms with E-state index in [0.29, 0.717) is 29.1 Å². The molecule has 16 heavy (non-hydrogen) atoms. The highest BCUT2D eigenvalue weighted by atomic mass is 35.5. The fourth-order valence-electron chi connectivity index (χ4n) is 1.55. The minimum atomic E-state index is -0.0362. The highest BCUT2D eigenvalue weighted by Crippen LogP contribution is 2.29. The molecule has 2 rings (SSSR count). The van der Waals surface area contributed by atoms with E-state index < -0.39 is 0 Å². The van der Waals surface area contributed by atoms with Crippen LogP contribution in [0.15, 0.2) is 5.11 Å². The van der Waals surface area contributed by atoms with Gasteiger partial charge in [0.1, 0.15) is 0 Å². The Morgan fingerprint density at radius 2 is 2.50 bits per heavy atom. The molecule has 0 saturated carbocycles. The van der Waals surface area contributed by atoms with E-state index in [2.05, 4.69) is 20.2 Å². The van der Waals surface area contributed by atoms with Gasteiger partial charge in [-0.3, -0.25) is 9.69 Å². The van der Waals surface area contributed by atoms with E-state index in [0.717, 1.165) is 11.3 Å². The van der Waals surface area contributed by atoms with Crippen molar-refractivity contribution in [1.82, 2.24) is 10.2 Å². The summed E-state index contributed by atoms with van der Waals surface area (Å²) >= 11 is 6.81. The molecule has 0 N–H and O–H groups in total. The highest BCUT2D eigenvalue weighted by Gasteiger charge is 2.32. The Morgan fingerprint density at radius 1 is 1.69 bits per heavy atom. The van der Waals surface area contributed by atoms with Crippen molar-refractivity contribution in [1.29, 1.82) is 0 Å². The molecule has 1 aliphatic heterocycles. The van der Waals surface area contributed by atoms with Gasteiger partial charge in [0.05, 0.1) is 0 Å². The van der Waals surface area contributed by atoms with E-state index in [1.807, 2.05) is 0 Å². The molecule has 1 saturated heterocycles. The molecule has 1 aromatic heterocycles. The van der Waals surface area contributed by atoms with Crippen molar-refractivity contribution in [2.45, 2.75) is 6.42 Å². The number of nitrogens with zero attached hydrogens (tertiary/aromatic N) is 6. The standard InChI is InChI=1S/C7H7ClN6OS/c8-6-11-12-7(16-6)14-3-4(1-5(14)15)2-10-13-9/h4H,1-3H2. The summed E-state index contributed by atoms with van der Waals surface area (Å²) in [4.78, 5) is 15.8. The average molecular weight is 259 g/mol. The van der Waals surface area contributed by atoms with Gasteiger partial charge in [0.25, 0.3) is 0 Å². The lowest BCUT2D eigenvalue weighted by Gasteiger charge is -2.10. The molecule has 0 aliphatic carbocycles. The summed E-state index contributed by atoms with van der Waals surface area (Å²) < 4.78 is 0.307. The minimum Gasteiger partial charge on any atom is -0.286 e. The smallest absolute Gasteiger partial charge is 0.229 e. The zero-order chi connectivity index (χ0) is 11.5. The summed E-state index contributed by atoms with van der Waals surface area (Å²) in [6.45, 7) is 0.828. The molecule has 0 bridgehead atoms. The van der Waals surface area contributed by atoms with Crippen molar-refractivity contribution >= 4 is 34.0 Å². The third-order valence-corrected chi connectivity index (χ3v) is 3.27. The van der Waals surface area contributed by atoms with Gasteiger partial charge >= 0.3 is 0 Å². The van der Waals surface area contributed by atoms with E-state index in [1.54, 1.807) is 0 Å². The van der Waals surface area contributed by atoms with Crippen LogP contribution in [0.25, 0.3) is 10.4 Å². The zero-order valence-corrected chi connectivity index (χ0v) is 9.65. The second-order valence-electron chi connectivity index (χ2n) is 3.33. The molecule has 9 heteroatoms. The first-order valence-electron chi connectivity index (χ1n) is 4.51. The molecule has 84 valence electrons. The maximum atomic E-state index is 11.6. The molecule has 2 heterocycles. The molecule has 1 amide bonds. The normalized spacial score (nSPS) is 19.9. The highest BCUT2D eigenvalue weighted by molar-refractivity contribution is 7.19. The van der Waals surface area contributed by atoms with Gasteiger partial charge in [0.15, 0.2) is 0 Å². The number of carbonyl (C=O) groups excluding carboxylic acids is 1. The Morgan fingerprint density at radius 3 is 3.12 bits per heavy atom. The van der Waals surface area contributed by atoms with Crippen LogP contribution in [-0.2, 0) is 4.79 Å². The fraction of sp³-hybridized carbons (Fsp3) is 0.571. The van der Waals surface area contributed by atoms with Gasteiger partial charge < -0.3 is 0 Å². The largest absolute Gasteiger partial charge is 0.286 e. The number of halogens is 1. The predicted octanol–water partition coefficient (Wildman–Crippen LogP) is 1.85. The van der Waals surface area contributed by atoms with Crippen LogP contribution in [0.4, 0.5) is 5.13 Å². The molecule has 0 aromatic carbocycles. The molecule has 1 fully saturated rings. The van der Waals surface area contributed by atoms with Gasteiger partial charge in [0.2, 0.25) is 15.5 Å². The van der Waals surface area contributed by atoms with E-state index in [-0.39, 0.29) is 11.8 Å². The Bertz CT molecular complexity index is 455. The van der Waals surface area contributed by atoms with Crippen LogP contribution in [0.1, 0.15) is 6.42 Å². The third-order valence-electron chi connectivity index (χ3n) is 2.23. The summed E-state index contributed by atoms with van der Waals surface area (Å²) in [5.74, 6) is 0.0111. The van der Waals surface area contributed by atoms with Crippen LogP contribution in [-0.4, -0.2) is 29.2 Å². The Labute approximate surface area is 99.7 Å². The number of anilines is 1. The van der Waals surface area contributed by atoms with Gasteiger partial charge in [-0.15, -0.1) is 10.2 Å². The molecule has 1 aliphatic rings. The van der Waals surface area contributed by atoms with Gasteiger partial charge in [-0.05, 0) is 23.0 Å². The summed E-state index contributed by atoms with van der Waals surface area (Å²) in [6.07, 6.45) is 0.371. The van der Waals surface area contributed by atoms with Gasteiger partial charge in [-0.2, -0.15) is 0 Å². The lowest BCUT2D eigenvalue weighted by atomic mass is 10.1. The number of rotatable bonds is 3. The first-order valence-corrected chi connectivity index (χ1v) is 5.70. The lowest BCUT2D eigenvalue weighted by Crippen LogP contribution is -2.24. The Kier molecular flexibility index (Phi) is 3.23. The van der Waals surface area contributed by atoms with Crippen molar-refractivity contribution < 1.29 is 4.79 Å². The Balaban J connectivity index is 2.07. The van der Waals surface area contributed by atoms with Crippen LogP contribution in [0.3, 0.4) is 0 Å². The number of hydrogen-bond acceptors (Lipinski definition) is 5. The summed E-state index contributed by atoms with van der Waals surface area (Å²) in [5.41, 5.74) is 8.20. The summed E-state index contributed by atoms with van der Waals surface area (Å²) in [7, 11) is 0. The van der Waals surface area contributed by atoms with E-state index in [9.17, 15) is 4.79 Å². The molecule has 1 atom stereocenters. The van der Waals surface area contributed by atoms with Gasteiger partial charge in [0, 0.05) is 24.4 Å². The molecule has 1 aromatic rings. The fourth-order valence-corrected chi connectivity index (χ4v) is 2.39. The van der Waals surface area contributed by atoms with Crippen molar-refractivity contribution in [2.75, 3.05) is 18.0 Å². The molecular formula is C7H7ClN6OS. The monoisotopic (exact) mass is 258 g/mol. The number of amides is 1. The zero-order valence-electron chi connectivity index (χ0n) is 8.08. The summed E-state index contributed by atoms with van der Waals surface area (Å²) in [5, 5.41) is 11.4. The lowest BCUT2D eigenvalue weighted by molar-refractivity contribution is -0.117. The quantitative estimate of drug-likeness (QED) is 0.470. The summed E-state index contributed by atoms with van der Waals surface area (Å²) in [6, 6.07) is 0. The van der Waals surface area contributed by atoms with Crippen molar-refractivity contribution in [3.63, 3.8) is 0 Å². The predicted molar refractivity (Wildman–Crippen MR) is 59.4 cm³/mol.